The first-order valence-corrected chi connectivity index (χ1v) is 17.3. The number of nitrogens with one attached hydrogen (secondary N) is 2. The van der Waals surface area contributed by atoms with Gasteiger partial charge in [-0.05, 0) is 60.7 Å². The van der Waals surface area contributed by atoms with Crippen LogP contribution >= 0.6 is 0 Å². The Bertz CT molecular complexity index is 2410. The van der Waals surface area contributed by atoms with Gasteiger partial charge in [0.2, 0.25) is 0 Å². The zero-order chi connectivity index (χ0) is 35.6. The molecule has 0 aliphatic rings. The maximum Gasteiger partial charge on any atom is 1.00 e. The molecule has 2 amide bonds. The van der Waals surface area contributed by atoms with Gasteiger partial charge in [-0.15, -0.1) is 10.2 Å². The summed E-state index contributed by atoms with van der Waals surface area (Å²) in [7, 11) is -9.62. The SMILES string of the molecule is Nc1c(N=Nc2ccc(NC(=O)Nc3ccc(N=Nc4cc(S(=O)(=O)[O-])c5ccccc5c4N)cc3)cc2)cc(S(=O)(=O)[O-])c2ccccc12.[Na+].[Na+]. The van der Waals surface area contributed by atoms with Crippen molar-refractivity contribution in [2.45, 2.75) is 9.79 Å². The van der Waals surface area contributed by atoms with Gasteiger partial charge in [-0.1, -0.05) is 48.5 Å². The number of nitrogens with zero attached hydrogens (tertiary/aromatic N) is 4. The van der Waals surface area contributed by atoms with Crippen LogP contribution in [0.4, 0.5) is 50.3 Å². The van der Waals surface area contributed by atoms with Gasteiger partial charge in [-0.2, -0.15) is 10.2 Å². The molecule has 6 aromatic carbocycles. The summed E-state index contributed by atoms with van der Waals surface area (Å²) < 4.78 is 71.1. The van der Waals surface area contributed by atoms with Gasteiger partial charge in [0.05, 0.1) is 32.5 Å². The number of hydrogen-bond donors (Lipinski definition) is 4. The first-order valence-electron chi connectivity index (χ1n) is 14.4. The summed E-state index contributed by atoms with van der Waals surface area (Å²) >= 11 is 0. The number of hydrogen-bond acceptors (Lipinski definition) is 13. The maximum absolute atomic E-state index is 12.6. The minimum atomic E-state index is -4.81. The Morgan fingerprint density at radius 1 is 0.519 bits per heavy atom. The molecule has 0 aliphatic carbocycles. The second kappa shape index (κ2) is 16.6. The molecule has 0 heterocycles. The Hall–Kier alpha value is -4.27. The normalized spacial score (nSPS) is 11.7. The molecule has 0 bridgehead atoms. The van der Waals surface area contributed by atoms with Gasteiger partial charge in [0, 0.05) is 32.9 Å². The molecular formula is C33H24N8Na2O7S2. The number of nitrogen functional groups attached to an aromatic ring is 2. The molecule has 0 radical (unpaired) electrons. The largest absolute Gasteiger partial charge is 1.00 e. The summed E-state index contributed by atoms with van der Waals surface area (Å²) in [5.41, 5.74) is 14.2. The number of carbonyl (C=O) groups is 1. The van der Waals surface area contributed by atoms with Crippen molar-refractivity contribution in [3.63, 3.8) is 0 Å². The molecule has 6 N–H and O–H groups in total. The molecule has 52 heavy (non-hydrogen) atoms. The molecule has 0 saturated carbocycles. The van der Waals surface area contributed by atoms with Crippen LogP contribution in [0.2, 0.25) is 0 Å². The molecule has 0 fully saturated rings. The fraction of sp³-hybridized carbons (Fsp3) is 0. The predicted molar refractivity (Wildman–Crippen MR) is 187 cm³/mol. The van der Waals surface area contributed by atoms with E-state index in [4.69, 9.17) is 11.5 Å². The summed E-state index contributed by atoms with van der Waals surface area (Å²) in [6.45, 7) is 0. The molecule has 0 spiro atoms. The van der Waals surface area contributed by atoms with E-state index in [1.54, 1.807) is 84.9 Å². The van der Waals surface area contributed by atoms with E-state index in [2.05, 4.69) is 31.1 Å². The van der Waals surface area contributed by atoms with Gasteiger partial charge in [0.15, 0.2) is 0 Å². The minimum absolute atomic E-state index is 0. The predicted octanol–water partition coefficient (Wildman–Crippen LogP) is 1.45. The Morgan fingerprint density at radius 2 is 0.846 bits per heavy atom. The van der Waals surface area contributed by atoms with Crippen molar-refractivity contribution >= 4 is 93.3 Å². The number of urea groups is 1. The third-order valence-corrected chi connectivity index (χ3v) is 9.14. The summed E-state index contributed by atoms with van der Waals surface area (Å²) in [5.74, 6) is 0. The molecule has 0 atom stereocenters. The van der Waals surface area contributed by atoms with Gasteiger partial charge in [0.1, 0.15) is 31.6 Å². The zero-order valence-corrected chi connectivity index (χ0v) is 33.1. The summed E-state index contributed by atoms with van der Waals surface area (Å²) in [5, 5.41) is 22.7. The Balaban J connectivity index is 0.00000302. The molecule has 6 rings (SSSR count). The second-order valence-corrected chi connectivity index (χ2v) is 13.4. The van der Waals surface area contributed by atoms with Crippen LogP contribution in [0.3, 0.4) is 0 Å². The van der Waals surface area contributed by atoms with Crippen molar-refractivity contribution in [3.05, 3.63) is 109 Å². The first-order chi connectivity index (χ1) is 23.8. The molecule has 0 unspecified atom stereocenters. The van der Waals surface area contributed by atoms with E-state index >= 15 is 0 Å². The van der Waals surface area contributed by atoms with Crippen molar-refractivity contribution in [1.82, 2.24) is 0 Å². The van der Waals surface area contributed by atoms with E-state index in [1.807, 2.05) is 0 Å². The number of rotatable bonds is 8. The van der Waals surface area contributed by atoms with E-state index in [0.29, 0.717) is 33.5 Å². The Kier molecular flexibility index (Phi) is 12.9. The average molecular weight is 755 g/mol. The molecule has 252 valence electrons. The average Bonchev–Trinajstić information content (AvgIpc) is 3.08. The van der Waals surface area contributed by atoms with Gasteiger partial charge < -0.3 is 31.2 Å². The van der Waals surface area contributed by atoms with Crippen LogP contribution in [0.5, 0.6) is 0 Å². The van der Waals surface area contributed by atoms with E-state index in [1.165, 1.54) is 12.1 Å². The number of nitrogens with two attached hydrogens (primary N) is 2. The van der Waals surface area contributed by atoms with E-state index in [9.17, 15) is 30.7 Å². The molecule has 6 aromatic rings. The van der Waals surface area contributed by atoms with E-state index in [-0.39, 0.29) is 92.6 Å². The second-order valence-electron chi connectivity index (χ2n) is 10.7. The van der Waals surface area contributed by atoms with Crippen molar-refractivity contribution in [2.75, 3.05) is 22.1 Å². The summed E-state index contributed by atoms with van der Waals surface area (Å²) in [6, 6.07) is 26.7. The monoisotopic (exact) mass is 754 g/mol. The fourth-order valence-electron chi connectivity index (χ4n) is 5.02. The Morgan fingerprint density at radius 3 is 1.17 bits per heavy atom. The van der Waals surface area contributed by atoms with Crippen LogP contribution in [0.25, 0.3) is 21.5 Å². The van der Waals surface area contributed by atoms with E-state index in [0.717, 1.165) is 12.1 Å². The third-order valence-electron chi connectivity index (χ3n) is 7.39. The number of amides is 2. The topological polar surface area (TPSA) is 257 Å². The van der Waals surface area contributed by atoms with Crippen molar-refractivity contribution < 1.29 is 89.9 Å². The molecule has 0 aliphatic heterocycles. The smallest absolute Gasteiger partial charge is 0.744 e. The number of azo groups is 2. The number of fused-ring (bicyclic) bond motifs is 2. The zero-order valence-electron chi connectivity index (χ0n) is 27.5. The maximum atomic E-state index is 12.6. The molecule has 15 nitrogen and oxygen atoms in total. The van der Waals surface area contributed by atoms with Crippen molar-refractivity contribution in [3.8, 4) is 0 Å². The number of benzene rings is 6. The molecular weight excluding hydrogens is 731 g/mol. The van der Waals surface area contributed by atoms with Crippen LogP contribution in [0.1, 0.15) is 0 Å². The van der Waals surface area contributed by atoms with Crippen LogP contribution < -0.4 is 81.2 Å². The standard InChI is InChI=1S/C33H26N8O7S2.2Na/c34-31-25-7-3-1-5-23(25)29(49(43,44)45)17-27(31)40-38-21-13-9-19(10-14-21)36-33(42)37-20-11-15-22(16-12-20)39-41-28-18-30(50(46,47)48)24-6-2-4-8-26(24)32(28)35;;/h1-18H,34-35H2,(H2,36,37,42)(H,43,44,45)(H,46,47,48);;/q;2*+1/p-2. The van der Waals surface area contributed by atoms with Crippen LogP contribution in [0.15, 0.2) is 139 Å². The number of anilines is 4. The van der Waals surface area contributed by atoms with Gasteiger partial charge in [-0.25, -0.2) is 21.6 Å². The van der Waals surface area contributed by atoms with Gasteiger partial charge in [-0.3, -0.25) is 0 Å². The number of carbonyl (C=O) groups excluding carboxylic acids is 1. The summed E-state index contributed by atoms with van der Waals surface area (Å²) in [6.07, 6.45) is 0. The van der Waals surface area contributed by atoms with Gasteiger partial charge >= 0.3 is 65.1 Å². The fourth-order valence-corrected chi connectivity index (χ4v) is 6.43. The van der Waals surface area contributed by atoms with Crippen molar-refractivity contribution in [1.29, 1.82) is 0 Å². The molecule has 19 heteroatoms. The van der Waals surface area contributed by atoms with Crippen LogP contribution in [0, 0.1) is 0 Å². The Labute approximate surface area is 341 Å². The third kappa shape index (κ3) is 9.20. The molecule has 0 saturated heterocycles. The first kappa shape index (κ1) is 40.5. The molecule has 0 aromatic heterocycles. The van der Waals surface area contributed by atoms with Crippen LogP contribution in [-0.2, 0) is 20.2 Å². The van der Waals surface area contributed by atoms with Crippen LogP contribution in [-0.4, -0.2) is 32.0 Å². The quantitative estimate of drug-likeness (QED) is 0.0758. The summed E-state index contributed by atoms with van der Waals surface area (Å²) in [4.78, 5) is 11.7. The van der Waals surface area contributed by atoms with E-state index < -0.39 is 36.1 Å². The van der Waals surface area contributed by atoms with Crippen molar-refractivity contribution in [2.24, 2.45) is 20.5 Å². The minimum Gasteiger partial charge on any atom is -0.744 e. The van der Waals surface area contributed by atoms with Gasteiger partial charge in [0.25, 0.3) is 0 Å².